The van der Waals surface area contributed by atoms with Crippen LogP contribution in [0.2, 0.25) is 0 Å². The lowest BCUT2D eigenvalue weighted by Gasteiger charge is -2.40. The summed E-state index contributed by atoms with van der Waals surface area (Å²) in [5.74, 6) is -0.512. The maximum Gasteiger partial charge on any atom is 0.274 e. The molecule has 1 aromatic heterocycles. The minimum atomic E-state index is -0.528. The van der Waals surface area contributed by atoms with Gasteiger partial charge in [-0.15, -0.1) is 0 Å². The normalized spacial score (nSPS) is 24.9. The van der Waals surface area contributed by atoms with Gasteiger partial charge in [0.25, 0.3) is 5.91 Å². The Bertz CT molecular complexity index is 860. The maximum absolute atomic E-state index is 12.7. The van der Waals surface area contributed by atoms with Gasteiger partial charge in [-0.25, -0.2) is 5.48 Å². The number of hydrogen-bond donors (Lipinski definition) is 3. The number of rotatable bonds is 2. The number of aryl methyl sites for hydroxylation is 2. The van der Waals surface area contributed by atoms with Crippen molar-refractivity contribution < 1.29 is 14.8 Å². The molecule has 2 aliphatic rings. The van der Waals surface area contributed by atoms with Crippen LogP contribution < -0.4 is 10.8 Å². The van der Waals surface area contributed by atoms with E-state index in [1.54, 1.807) is 16.2 Å². The zero-order chi connectivity index (χ0) is 17.6. The van der Waals surface area contributed by atoms with Crippen molar-refractivity contribution in [2.75, 3.05) is 6.54 Å². The van der Waals surface area contributed by atoms with Gasteiger partial charge in [-0.3, -0.25) is 19.5 Å². The topological polar surface area (TPSA) is 96.3 Å². The minimum Gasteiger partial charge on any atom is -0.356 e. The molecule has 2 heterocycles. The van der Waals surface area contributed by atoms with Gasteiger partial charge in [-0.05, 0) is 48.1 Å². The Morgan fingerprint density at radius 1 is 1.44 bits per heavy atom. The van der Waals surface area contributed by atoms with Crippen LogP contribution in [0.3, 0.4) is 0 Å². The molecular weight excluding hydrogens is 320 g/mol. The first-order valence-electron chi connectivity index (χ1n) is 8.39. The number of amides is 2. The summed E-state index contributed by atoms with van der Waals surface area (Å²) in [6.07, 6.45) is 6.04. The smallest absolute Gasteiger partial charge is 0.274 e. The SMILES string of the molecule is Cn1cc(C2c3ccc(C(=O)NO)cc3CCC23CCNC3=O)cn1. The number of hydrogen-bond acceptors (Lipinski definition) is 4. The largest absolute Gasteiger partial charge is 0.356 e. The van der Waals surface area contributed by atoms with E-state index < -0.39 is 11.3 Å². The number of aromatic nitrogens is 2. The predicted molar refractivity (Wildman–Crippen MR) is 89.1 cm³/mol. The number of nitrogens with zero attached hydrogens (tertiary/aromatic N) is 2. The second kappa shape index (κ2) is 5.70. The van der Waals surface area contributed by atoms with Crippen LogP contribution in [0.25, 0.3) is 0 Å². The van der Waals surface area contributed by atoms with Crippen LogP contribution in [0.1, 0.15) is 45.8 Å². The third-order valence-corrected chi connectivity index (χ3v) is 5.58. The van der Waals surface area contributed by atoms with E-state index in [-0.39, 0.29) is 11.8 Å². The van der Waals surface area contributed by atoms with Gasteiger partial charge < -0.3 is 5.32 Å². The summed E-state index contributed by atoms with van der Waals surface area (Å²) in [6.45, 7) is 0.690. The first kappa shape index (κ1) is 15.8. The van der Waals surface area contributed by atoms with Crippen molar-refractivity contribution in [1.82, 2.24) is 20.6 Å². The van der Waals surface area contributed by atoms with Gasteiger partial charge in [0, 0.05) is 31.3 Å². The average Bonchev–Trinajstić information content (AvgIpc) is 3.20. The van der Waals surface area contributed by atoms with E-state index in [0.717, 1.165) is 36.0 Å². The van der Waals surface area contributed by atoms with Crippen LogP contribution in [-0.4, -0.2) is 33.3 Å². The number of fused-ring (bicyclic) bond motifs is 1. The van der Waals surface area contributed by atoms with Gasteiger partial charge in [-0.1, -0.05) is 6.07 Å². The van der Waals surface area contributed by atoms with Crippen molar-refractivity contribution in [2.45, 2.75) is 25.2 Å². The highest BCUT2D eigenvalue weighted by Crippen LogP contribution is 2.53. The fourth-order valence-corrected chi connectivity index (χ4v) is 4.40. The number of hydroxylamine groups is 1. The molecule has 1 aliphatic heterocycles. The first-order valence-corrected chi connectivity index (χ1v) is 8.39. The number of benzene rings is 1. The average molecular weight is 340 g/mol. The van der Waals surface area contributed by atoms with Crippen molar-refractivity contribution in [2.24, 2.45) is 12.5 Å². The molecular formula is C18H20N4O3. The molecule has 2 unspecified atom stereocenters. The fourth-order valence-electron chi connectivity index (χ4n) is 4.40. The van der Waals surface area contributed by atoms with Crippen molar-refractivity contribution in [1.29, 1.82) is 0 Å². The van der Waals surface area contributed by atoms with Crippen LogP contribution in [0.15, 0.2) is 30.6 Å². The molecule has 1 fully saturated rings. The summed E-state index contributed by atoms with van der Waals surface area (Å²) in [5.41, 5.74) is 4.74. The Hall–Kier alpha value is -2.67. The molecule has 7 nitrogen and oxygen atoms in total. The standard InChI is InChI=1S/C18H20N4O3/c1-22-10-13(9-20-22)15-14-3-2-12(16(23)21-25)8-11(14)4-5-18(15)6-7-19-17(18)24/h2-3,8-10,15,25H,4-7H2,1H3,(H,19,24)(H,21,23). The van der Waals surface area contributed by atoms with Crippen molar-refractivity contribution in [3.8, 4) is 0 Å². The van der Waals surface area contributed by atoms with E-state index in [0.29, 0.717) is 12.1 Å². The zero-order valence-corrected chi connectivity index (χ0v) is 14.0. The molecule has 1 spiro atoms. The molecule has 3 N–H and O–H groups in total. The lowest BCUT2D eigenvalue weighted by molar-refractivity contribution is -0.129. The molecule has 1 aromatic carbocycles. The summed E-state index contributed by atoms with van der Waals surface area (Å²) >= 11 is 0. The lowest BCUT2D eigenvalue weighted by Crippen LogP contribution is -2.41. The predicted octanol–water partition coefficient (Wildman–Crippen LogP) is 1.12. The Morgan fingerprint density at radius 3 is 2.92 bits per heavy atom. The van der Waals surface area contributed by atoms with E-state index in [2.05, 4.69) is 10.4 Å². The first-order chi connectivity index (χ1) is 12.0. The Kier molecular flexibility index (Phi) is 3.61. The lowest BCUT2D eigenvalue weighted by atomic mass is 9.61. The molecule has 2 atom stereocenters. The van der Waals surface area contributed by atoms with Crippen LogP contribution in [0, 0.1) is 5.41 Å². The van der Waals surface area contributed by atoms with E-state index in [1.807, 2.05) is 31.6 Å². The number of carbonyl (C=O) groups excluding carboxylic acids is 2. The van der Waals surface area contributed by atoms with Crippen molar-refractivity contribution >= 4 is 11.8 Å². The molecule has 0 radical (unpaired) electrons. The quantitative estimate of drug-likeness (QED) is 0.564. The third-order valence-electron chi connectivity index (χ3n) is 5.58. The van der Waals surface area contributed by atoms with Gasteiger partial charge in [0.15, 0.2) is 0 Å². The van der Waals surface area contributed by atoms with E-state index in [4.69, 9.17) is 5.21 Å². The molecule has 2 amide bonds. The Morgan fingerprint density at radius 2 is 2.28 bits per heavy atom. The summed E-state index contributed by atoms with van der Waals surface area (Å²) in [4.78, 5) is 24.5. The number of carbonyl (C=O) groups is 2. The summed E-state index contributed by atoms with van der Waals surface area (Å²) in [7, 11) is 1.86. The molecule has 0 saturated carbocycles. The van der Waals surface area contributed by atoms with Crippen LogP contribution in [-0.2, 0) is 18.3 Å². The highest BCUT2D eigenvalue weighted by Gasteiger charge is 2.52. The fraction of sp³-hybridized carbons (Fsp3) is 0.389. The van der Waals surface area contributed by atoms with Crippen molar-refractivity contribution in [3.63, 3.8) is 0 Å². The molecule has 7 heteroatoms. The van der Waals surface area contributed by atoms with Gasteiger partial charge in [0.05, 0.1) is 11.6 Å². The molecule has 4 rings (SSSR count). The highest BCUT2D eigenvalue weighted by molar-refractivity contribution is 5.94. The maximum atomic E-state index is 12.7. The Labute approximate surface area is 145 Å². The van der Waals surface area contributed by atoms with Gasteiger partial charge in [0.1, 0.15) is 0 Å². The second-order valence-electron chi connectivity index (χ2n) is 6.90. The van der Waals surface area contributed by atoms with E-state index >= 15 is 0 Å². The summed E-state index contributed by atoms with van der Waals surface area (Å²) < 4.78 is 1.75. The molecule has 25 heavy (non-hydrogen) atoms. The highest BCUT2D eigenvalue weighted by atomic mass is 16.5. The zero-order valence-electron chi connectivity index (χ0n) is 14.0. The van der Waals surface area contributed by atoms with Gasteiger partial charge in [-0.2, -0.15) is 5.10 Å². The molecule has 1 aliphatic carbocycles. The van der Waals surface area contributed by atoms with Gasteiger partial charge >= 0.3 is 0 Å². The molecule has 0 bridgehead atoms. The monoisotopic (exact) mass is 340 g/mol. The van der Waals surface area contributed by atoms with E-state index in [9.17, 15) is 9.59 Å². The molecule has 2 aromatic rings. The van der Waals surface area contributed by atoms with Crippen molar-refractivity contribution in [3.05, 3.63) is 52.8 Å². The Balaban J connectivity index is 1.86. The van der Waals surface area contributed by atoms with Crippen LogP contribution >= 0.6 is 0 Å². The molecule has 130 valence electrons. The van der Waals surface area contributed by atoms with Gasteiger partial charge in [0.2, 0.25) is 5.91 Å². The van der Waals surface area contributed by atoms with E-state index in [1.165, 1.54) is 0 Å². The minimum absolute atomic E-state index is 0.0845. The molecule has 1 saturated heterocycles. The van der Waals surface area contributed by atoms with Crippen LogP contribution in [0.5, 0.6) is 0 Å². The number of nitrogens with one attached hydrogen (secondary N) is 2. The summed E-state index contributed by atoms with van der Waals surface area (Å²) in [6, 6.07) is 5.41. The second-order valence-corrected chi connectivity index (χ2v) is 6.90. The third kappa shape index (κ3) is 2.34. The van der Waals surface area contributed by atoms with Crippen LogP contribution in [0.4, 0.5) is 0 Å². The summed E-state index contributed by atoms with van der Waals surface area (Å²) in [5, 5.41) is 16.1.